The third kappa shape index (κ3) is 2.80. The van der Waals surface area contributed by atoms with Gasteiger partial charge in [-0.3, -0.25) is 0 Å². The monoisotopic (exact) mass is 259 g/mol. The molecule has 0 radical (unpaired) electrons. The Bertz CT molecular complexity index is 578. The lowest BCUT2D eigenvalue weighted by Gasteiger charge is -2.10. The Kier molecular flexibility index (Phi) is 3.83. The Hall–Kier alpha value is -2.02. The molecule has 3 nitrogen and oxygen atoms in total. The van der Waals surface area contributed by atoms with Gasteiger partial charge in [-0.05, 0) is 29.8 Å². The van der Waals surface area contributed by atoms with Gasteiger partial charge in [0.15, 0.2) is 6.10 Å². The molecule has 0 spiro atoms. The summed E-state index contributed by atoms with van der Waals surface area (Å²) in [6.45, 7) is 0. The molecule has 1 atom stereocenters. The van der Waals surface area contributed by atoms with E-state index in [4.69, 9.17) is 21.6 Å². The number of aliphatic hydroxyl groups excluding tert-OH is 1. The van der Waals surface area contributed by atoms with Crippen LogP contribution in [-0.2, 0) is 0 Å². The molecule has 0 aliphatic rings. The van der Waals surface area contributed by atoms with Crippen molar-refractivity contribution >= 4 is 11.6 Å². The number of nitriles is 1. The maximum atomic E-state index is 9.45. The highest BCUT2D eigenvalue weighted by molar-refractivity contribution is 6.32. The van der Waals surface area contributed by atoms with Crippen molar-refractivity contribution in [3.05, 3.63) is 59.1 Å². The highest BCUT2D eigenvalue weighted by atomic mass is 35.5. The molecule has 0 amide bonds. The molecule has 2 aromatic carbocycles. The van der Waals surface area contributed by atoms with Crippen molar-refractivity contribution in [1.82, 2.24) is 0 Å². The maximum absolute atomic E-state index is 9.45. The minimum atomic E-state index is -1.18. The van der Waals surface area contributed by atoms with Gasteiger partial charge in [0.2, 0.25) is 0 Å². The van der Waals surface area contributed by atoms with Gasteiger partial charge in [-0.2, -0.15) is 5.26 Å². The lowest BCUT2D eigenvalue weighted by molar-refractivity contribution is 0.235. The standard InChI is InChI=1S/C14H10ClNO2/c15-12-7-6-10(13(17)9-16)8-14(12)18-11-4-2-1-3-5-11/h1-8,13,17H. The second-order valence-corrected chi connectivity index (χ2v) is 4.04. The van der Waals surface area contributed by atoms with Gasteiger partial charge in [0, 0.05) is 0 Å². The smallest absolute Gasteiger partial charge is 0.166 e. The summed E-state index contributed by atoms with van der Waals surface area (Å²) in [5, 5.41) is 18.5. The molecule has 0 aliphatic heterocycles. The summed E-state index contributed by atoms with van der Waals surface area (Å²) in [7, 11) is 0. The molecule has 0 saturated heterocycles. The maximum Gasteiger partial charge on any atom is 0.166 e. The van der Waals surface area contributed by atoms with Crippen LogP contribution in [0.2, 0.25) is 5.02 Å². The van der Waals surface area contributed by atoms with Crippen LogP contribution in [0.5, 0.6) is 11.5 Å². The fourth-order valence-corrected chi connectivity index (χ4v) is 1.61. The number of rotatable bonds is 3. The first-order valence-electron chi connectivity index (χ1n) is 5.31. The Balaban J connectivity index is 2.30. The Labute approximate surface area is 110 Å². The molecule has 0 aromatic heterocycles. The molecule has 18 heavy (non-hydrogen) atoms. The van der Waals surface area contributed by atoms with Gasteiger partial charge < -0.3 is 9.84 Å². The number of benzene rings is 2. The van der Waals surface area contributed by atoms with E-state index >= 15 is 0 Å². The molecular formula is C14H10ClNO2. The van der Waals surface area contributed by atoms with Crippen LogP contribution < -0.4 is 4.74 Å². The van der Waals surface area contributed by atoms with E-state index in [-0.39, 0.29) is 0 Å². The van der Waals surface area contributed by atoms with Crippen molar-refractivity contribution in [2.24, 2.45) is 0 Å². The van der Waals surface area contributed by atoms with Crippen molar-refractivity contribution in [2.45, 2.75) is 6.10 Å². The van der Waals surface area contributed by atoms with Crippen molar-refractivity contribution < 1.29 is 9.84 Å². The summed E-state index contributed by atoms with van der Waals surface area (Å²) < 4.78 is 5.59. The van der Waals surface area contributed by atoms with E-state index in [9.17, 15) is 5.11 Å². The van der Waals surface area contributed by atoms with Crippen LogP contribution in [-0.4, -0.2) is 5.11 Å². The van der Waals surface area contributed by atoms with Gasteiger partial charge >= 0.3 is 0 Å². The zero-order chi connectivity index (χ0) is 13.0. The Morgan fingerprint density at radius 2 is 1.89 bits per heavy atom. The largest absolute Gasteiger partial charge is 0.456 e. The van der Waals surface area contributed by atoms with Crippen LogP contribution in [0, 0.1) is 11.3 Å². The van der Waals surface area contributed by atoms with Gasteiger partial charge in [0.05, 0.1) is 11.1 Å². The zero-order valence-corrected chi connectivity index (χ0v) is 10.1. The highest BCUT2D eigenvalue weighted by Gasteiger charge is 2.10. The average molecular weight is 260 g/mol. The van der Waals surface area contributed by atoms with Gasteiger partial charge in [0.25, 0.3) is 0 Å². The molecule has 4 heteroatoms. The topological polar surface area (TPSA) is 53.2 Å². The van der Waals surface area contributed by atoms with Crippen molar-refractivity contribution in [2.75, 3.05) is 0 Å². The summed E-state index contributed by atoms with van der Waals surface area (Å²) in [4.78, 5) is 0. The first-order chi connectivity index (χ1) is 8.70. The van der Waals surface area contributed by atoms with E-state index in [1.54, 1.807) is 36.4 Å². The Morgan fingerprint density at radius 3 is 2.56 bits per heavy atom. The molecule has 0 heterocycles. The number of hydrogen-bond acceptors (Lipinski definition) is 3. The number of nitrogens with zero attached hydrogens (tertiary/aromatic N) is 1. The minimum absolute atomic E-state index is 0.412. The van der Waals surface area contributed by atoms with E-state index in [0.717, 1.165) is 0 Å². The highest BCUT2D eigenvalue weighted by Crippen LogP contribution is 2.31. The minimum Gasteiger partial charge on any atom is -0.456 e. The fourth-order valence-electron chi connectivity index (χ4n) is 1.46. The van der Waals surface area contributed by atoms with E-state index in [2.05, 4.69) is 0 Å². The van der Waals surface area contributed by atoms with E-state index < -0.39 is 6.10 Å². The van der Waals surface area contributed by atoms with Crippen molar-refractivity contribution in [1.29, 1.82) is 5.26 Å². The molecule has 2 rings (SSSR count). The number of halogens is 1. The van der Waals surface area contributed by atoms with Gasteiger partial charge in [-0.1, -0.05) is 35.9 Å². The SMILES string of the molecule is N#CC(O)c1ccc(Cl)c(Oc2ccccc2)c1. The first kappa shape index (κ1) is 12.4. The third-order valence-corrected chi connectivity index (χ3v) is 2.68. The fraction of sp³-hybridized carbons (Fsp3) is 0.0714. The molecule has 90 valence electrons. The summed E-state index contributed by atoms with van der Waals surface area (Å²) in [5.74, 6) is 1.05. The molecule has 1 unspecified atom stereocenters. The lowest BCUT2D eigenvalue weighted by atomic mass is 10.1. The number of hydrogen-bond donors (Lipinski definition) is 1. The first-order valence-corrected chi connectivity index (χ1v) is 5.68. The van der Waals surface area contributed by atoms with Crippen LogP contribution >= 0.6 is 11.6 Å². The second-order valence-electron chi connectivity index (χ2n) is 3.64. The molecule has 2 aromatic rings. The molecule has 0 saturated carbocycles. The third-order valence-electron chi connectivity index (χ3n) is 2.36. The summed E-state index contributed by atoms with van der Waals surface area (Å²) in [6.07, 6.45) is -1.18. The summed E-state index contributed by atoms with van der Waals surface area (Å²) in [6, 6.07) is 15.7. The number of aliphatic hydroxyl groups is 1. The predicted octanol–water partition coefficient (Wildman–Crippen LogP) is 3.69. The quantitative estimate of drug-likeness (QED) is 0.856. The van der Waals surface area contributed by atoms with E-state index in [0.29, 0.717) is 22.1 Å². The van der Waals surface area contributed by atoms with Crippen LogP contribution in [0.1, 0.15) is 11.7 Å². The van der Waals surface area contributed by atoms with E-state index in [1.165, 1.54) is 0 Å². The normalized spacial score (nSPS) is 11.6. The van der Waals surface area contributed by atoms with E-state index in [1.807, 2.05) is 18.2 Å². The number of ether oxygens (including phenoxy) is 1. The van der Waals surface area contributed by atoms with Crippen LogP contribution in [0.15, 0.2) is 48.5 Å². The molecule has 0 aliphatic carbocycles. The molecular weight excluding hydrogens is 250 g/mol. The summed E-state index contributed by atoms with van der Waals surface area (Å²) in [5.41, 5.74) is 0.452. The predicted molar refractivity (Wildman–Crippen MR) is 68.5 cm³/mol. The Morgan fingerprint density at radius 1 is 1.17 bits per heavy atom. The molecule has 0 bridgehead atoms. The number of para-hydroxylation sites is 1. The van der Waals surface area contributed by atoms with Crippen molar-refractivity contribution in [3.63, 3.8) is 0 Å². The molecule has 0 fully saturated rings. The lowest BCUT2D eigenvalue weighted by Crippen LogP contribution is -1.94. The second kappa shape index (κ2) is 5.54. The van der Waals surface area contributed by atoms with Gasteiger partial charge in [0.1, 0.15) is 11.5 Å². The van der Waals surface area contributed by atoms with Crippen molar-refractivity contribution in [3.8, 4) is 17.6 Å². The summed E-state index contributed by atoms with van der Waals surface area (Å²) >= 11 is 6.00. The van der Waals surface area contributed by atoms with Gasteiger partial charge in [-0.25, -0.2) is 0 Å². The molecule has 1 N–H and O–H groups in total. The van der Waals surface area contributed by atoms with Crippen LogP contribution in [0.4, 0.5) is 0 Å². The van der Waals surface area contributed by atoms with Crippen LogP contribution in [0.3, 0.4) is 0 Å². The van der Waals surface area contributed by atoms with Crippen LogP contribution in [0.25, 0.3) is 0 Å². The van der Waals surface area contributed by atoms with Gasteiger partial charge in [-0.15, -0.1) is 0 Å². The average Bonchev–Trinajstić information content (AvgIpc) is 2.41. The zero-order valence-electron chi connectivity index (χ0n) is 9.38.